The van der Waals surface area contributed by atoms with Crippen molar-refractivity contribution in [3.8, 4) is 5.75 Å². The van der Waals surface area contributed by atoms with E-state index in [1.165, 1.54) is 0 Å². The van der Waals surface area contributed by atoms with Gasteiger partial charge < -0.3 is 24.8 Å². The SMILES string of the molecule is CCNC(=NCCCOC1CCOC1)NCCOc1cccc(Br)c1. The summed E-state index contributed by atoms with van der Waals surface area (Å²) in [5.74, 6) is 1.66. The molecule has 6 nitrogen and oxygen atoms in total. The van der Waals surface area contributed by atoms with Crippen molar-refractivity contribution in [2.75, 3.05) is 46.1 Å². The fraction of sp³-hybridized carbons (Fsp3) is 0.611. The van der Waals surface area contributed by atoms with Crippen LogP contribution in [0, 0.1) is 0 Å². The van der Waals surface area contributed by atoms with E-state index >= 15 is 0 Å². The Morgan fingerprint density at radius 2 is 2.28 bits per heavy atom. The summed E-state index contributed by atoms with van der Waals surface area (Å²) < 4.78 is 17.8. The Hall–Kier alpha value is -1.31. The molecular weight excluding hydrogens is 386 g/mol. The van der Waals surface area contributed by atoms with Crippen LogP contribution in [0.4, 0.5) is 0 Å². The average molecular weight is 414 g/mol. The van der Waals surface area contributed by atoms with Crippen LogP contribution in [-0.4, -0.2) is 58.1 Å². The highest BCUT2D eigenvalue weighted by Gasteiger charge is 2.15. The van der Waals surface area contributed by atoms with Gasteiger partial charge in [-0.3, -0.25) is 4.99 Å². The number of hydrogen-bond donors (Lipinski definition) is 2. The van der Waals surface area contributed by atoms with Crippen molar-refractivity contribution in [1.29, 1.82) is 0 Å². The molecule has 0 aliphatic carbocycles. The van der Waals surface area contributed by atoms with E-state index in [2.05, 4.69) is 38.5 Å². The van der Waals surface area contributed by atoms with Crippen molar-refractivity contribution in [2.24, 2.45) is 4.99 Å². The van der Waals surface area contributed by atoms with Crippen molar-refractivity contribution in [3.05, 3.63) is 28.7 Å². The van der Waals surface area contributed by atoms with Crippen LogP contribution in [0.25, 0.3) is 0 Å². The molecule has 0 amide bonds. The van der Waals surface area contributed by atoms with Crippen LogP contribution >= 0.6 is 15.9 Å². The molecule has 0 aromatic heterocycles. The number of ether oxygens (including phenoxy) is 3. The van der Waals surface area contributed by atoms with Gasteiger partial charge in [0.15, 0.2) is 5.96 Å². The van der Waals surface area contributed by atoms with Crippen LogP contribution in [0.3, 0.4) is 0 Å². The lowest BCUT2D eigenvalue weighted by molar-refractivity contribution is 0.0424. The third-order valence-electron chi connectivity index (χ3n) is 3.62. The first-order valence-electron chi connectivity index (χ1n) is 8.88. The molecule has 1 aliphatic rings. The first-order chi connectivity index (χ1) is 12.3. The molecule has 0 bridgehead atoms. The highest BCUT2D eigenvalue weighted by atomic mass is 79.9. The normalized spacial score (nSPS) is 17.5. The second kappa shape index (κ2) is 12.1. The summed E-state index contributed by atoms with van der Waals surface area (Å²) in [5, 5.41) is 6.52. The molecule has 1 unspecified atom stereocenters. The van der Waals surface area contributed by atoms with Gasteiger partial charge in [-0.15, -0.1) is 0 Å². The molecule has 0 spiro atoms. The van der Waals surface area contributed by atoms with Crippen molar-refractivity contribution < 1.29 is 14.2 Å². The zero-order chi connectivity index (χ0) is 17.7. The minimum absolute atomic E-state index is 0.269. The first kappa shape index (κ1) is 20.0. The molecule has 1 saturated heterocycles. The van der Waals surface area contributed by atoms with E-state index in [-0.39, 0.29) is 6.10 Å². The molecule has 2 N–H and O–H groups in total. The van der Waals surface area contributed by atoms with E-state index < -0.39 is 0 Å². The Bertz CT molecular complexity index is 522. The Labute approximate surface area is 158 Å². The van der Waals surface area contributed by atoms with Gasteiger partial charge in [0.05, 0.1) is 19.3 Å². The summed E-state index contributed by atoms with van der Waals surface area (Å²) in [6, 6.07) is 7.83. The second-order valence-electron chi connectivity index (χ2n) is 5.70. The minimum Gasteiger partial charge on any atom is -0.492 e. The van der Waals surface area contributed by atoms with Crippen LogP contribution in [0.2, 0.25) is 0 Å². The molecule has 7 heteroatoms. The lowest BCUT2D eigenvalue weighted by Gasteiger charge is -2.12. The largest absolute Gasteiger partial charge is 0.492 e. The molecule has 25 heavy (non-hydrogen) atoms. The molecule has 1 aliphatic heterocycles. The number of halogens is 1. The molecule has 1 aromatic carbocycles. The fourth-order valence-electron chi connectivity index (χ4n) is 2.39. The highest BCUT2D eigenvalue weighted by molar-refractivity contribution is 9.10. The van der Waals surface area contributed by atoms with E-state index in [9.17, 15) is 0 Å². The molecule has 2 rings (SSSR count). The third-order valence-corrected chi connectivity index (χ3v) is 4.11. The summed E-state index contributed by atoms with van der Waals surface area (Å²) >= 11 is 3.44. The topological polar surface area (TPSA) is 64.1 Å². The summed E-state index contributed by atoms with van der Waals surface area (Å²) in [4.78, 5) is 4.56. The molecule has 0 radical (unpaired) electrons. The lowest BCUT2D eigenvalue weighted by Crippen LogP contribution is -2.39. The summed E-state index contributed by atoms with van der Waals surface area (Å²) in [5.41, 5.74) is 0. The van der Waals surface area contributed by atoms with Crippen LogP contribution in [-0.2, 0) is 9.47 Å². The summed E-state index contributed by atoms with van der Waals surface area (Å²) in [7, 11) is 0. The van der Waals surface area contributed by atoms with Gasteiger partial charge in [0.1, 0.15) is 12.4 Å². The second-order valence-corrected chi connectivity index (χ2v) is 6.62. The molecule has 1 atom stereocenters. The molecule has 1 heterocycles. The van der Waals surface area contributed by atoms with Gasteiger partial charge in [0.25, 0.3) is 0 Å². The Balaban J connectivity index is 1.59. The highest BCUT2D eigenvalue weighted by Crippen LogP contribution is 2.17. The Morgan fingerprint density at radius 3 is 3.04 bits per heavy atom. The van der Waals surface area contributed by atoms with Crippen LogP contribution in [0.15, 0.2) is 33.7 Å². The fourth-order valence-corrected chi connectivity index (χ4v) is 2.76. The zero-order valence-electron chi connectivity index (χ0n) is 14.8. The number of aliphatic imine (C=N–C) groups is 1. The number of rotatable bonds is 10. The van der Waals surface area contributed by atoms with Gasteiger partial charge in [-0.05, 0) is 38.0 Å². The summed E-state index contributed by atoms with van der Waals surface area (Å²) in [6.45, 7) is 7.15. The monoisotopic (exact) mass is 413 g/mol. The predicted octanol–water partition coefficient (Wildman–Crippen LogP) is 2.58. The Kier molecular flexibility index (Phi) is 9.69. The van der Waals surface area contributed by atoms with Gasteiger partial charge in [-0.1, -0.05) is 22.0 Å². The molecule has 140 valence electrons. The number of nitrogens with one attached hydrogen (secondary N) is 2. The predicted molar refractivity (Wildman–Crippen MR) is 103 cm³/mol. The van der Waals surface area contributed by atoms with E-state index in [0.717, 1.165) is 61.9 Å². The molecule has 0 saturated carbocycles. The summed E-state index contributed by atoms with van der Waals surface area (Å²) in [6.07, 6.45) is 2.18. The maximum absolute atomic E-state index is 5.74. The van der Waals surface area contributed by atoms with Gasteiger partial charge in [0.2, 0.25) is 0 Å². The van der Waals surface area contributed by atoms with Crippen molar-refractivity contribution in [2.45, 2.75) is 25.9 Å². The standard InChI is InChI=1S/C18H28BrN3O3/c1-2-20-18(21-8-4-10-24-17-7-11-23-14-17)22-9-12-25-16-6-3-5-15(19)13-16/h3,5-6,13,17H,2,4,7-12,14H2,1H3,(H2,20,21,22). The van der Waals surface area contributed by atoms with E-state index in [1.807, 2.05) is 24.3 Å². The number of nitrogens with zero attached hydrogens (tertiary/aromatic N) is 1. The molecular formula is C18H28BrN3O3. The molecule has 1 aromatic rings. The maximum Gasteiger partial charge on any atom is 0.191 e. The van der Waals surface area contributed by atoms with Gasteiger partial charge in [-0.25, -0.2) is 0 Å². The quantitative estimate of drug-likeness (QED) is 0.350. The van der Waals surface area contributed by atoms with E-state index in [0.29, 0.717) is 13.2 Å². The van der Waals surface area contributed by atoms with Gasteiger partial charge >= 0.3 is 0 Å². The molecule has 1 fully saturated rings. The van der Waals surface area contributed by atoms with Gasteiger partial charge in [-0.2, -0.15) is 0 Å². The number of hydrogen-bond acceptors (Lipinski definition) is 4. The van der Waals surface area contributed by atoms with E-state index in [4.69, 9.17) is 14.2 Å². The van der Waals surface area contributed by atoms with Crippen molar-refractivity contribution in [3.63, 3.8) is 0 Å². The van der Waals surface area contributed by atoms with Crippen molar-refractivity contribution >= 4 is 21.9 Å². The smallest absolute Gasteiger partial charge is 0.191 e. The van der Waals surface area contributed by atoms with Crippen molar-refractivity contribution in [1.82, 2.24) is 10.6 Å². The van der Waals surface area contributed by atoms with Crippen LogP contribution in [0.5, 0.6) is 5.75 Å². The van der Waals surface area contributed by atoms with Crippen LogP contribution < -0.4 is 15.4 Å². The average Bonchev–Trinajstić information content (AvgIpc) is 3.12. The van der Waals surface area contributed by atoms with Crippen LogP contribution in [0.1, 0.15) is 19.8 Å². The lowest BCUT2D eigenvalue weighted by atomic mass is 10.3. The van der Waals surface area contributed by atoms with Gasteiger partial charge in [0, 0.05) is 30.8 Å². The number of benzene rings is 1. The maximum atomic E-state index is 5.74. The third kappa shape index (κ3) is 8.56. The van der Waals surface area contributed by atoms with E-state index in [1.54, 1.807) is 0 Å². The zero-order valence-corrected chi connectivity index (χ0v) is 16.4. The Morgan fingerprint density at radius 1 is 1.36 bits per heavy atom. The first-order valence-corrected chi connectivity index (χ1v) is 9.67. The number of guanidine groups is 1. The minimum atomic E-state index is 0.269.